The summed E-state index contributed by atoms with van der Waals surface area (Å²) in [6.07, 6.45) is 0. The molecule has 0 N–H and O–H groups in total. The van der Waals surface area contributed by atoms with Crippen molar-refractivity contribution in [3.05, 3.63) is 35.2 Å². The van der Waals surface area contributed by atoms with E-state index >= 15 is 0 Å². The monoisotopic (exact) mass is 300 g/mol. The quantitative estimate of drug-likeness (QED) is 0.868. The Balaban J connectivity index is 2.22. The lowest BCUT2D eigenvalue weighted by Crippen LogP contribution is -2.16. The second kappa shape index (κ2) is 5.30. The van der Waals surface area contributed by atoms with Gasteiger partial charge in [-0.3, -0.25) is 0 Å². The van der Waals surface area contributed by atoms with Crippen molar-refractivity contribution < 1.29 is 12.9 Å². The van der Waals surface area contributed by atoms with Gasteiger partial charge in [-0.2, -0.15) is 4.98 Å². The van der Waals surface area contributed by atoms with Gasteiger partial charge in [0.2, 0.25) is 11.7 Å². The van der Waals surface area contributed by atoms with Gasteiger partial charge in [-0.05, 0) is 38.1 Å². The minimum atomic E-state index is -3.24. The van der Waals surface area contributed by atoms with Gasteiger partial charge in [0.1, 0.15) is 5.75 Å². The van der Waals surface area contributed by atoms with Crippen LogP contribution in [0.5, 0.6) is 0 Å². The Bertz CT molecular complexity index is 663. The van der Waals surface area contributed by atoms with Gasteiger partial charge in [0.05, 0.1) is 5.25 Å². The Morgan fingerprint density at radius 3 is 2.47 bits per heavy atom. The summed E-state index contributed by atoms with van der Waals surface area (Å²) in [7, 11) is -3.24. The highest BCUT2D eigenvalue weighted by atomic mass is 35.5. The number of rotatable bonds is 4. The summed E-state index contributed by atoms with van der Waals surface area (Å²) in [5.41, 5.74) is 0.723. The van der Waals surface area contributed by atoms with Gasteiger partial charge in [-0.15, -0.1) is 0 Å². The van der Waals surface area contributed by atoms with Gasteiger partial charge in [-0.25, -0.2) is 8.42 Å². The standard InChI is InChI=1S/C12H13ClN2O3S/c1-8(2)19(16,17)7-11-14-12(15-18-11)9-3-5-10(13)6-4-9/h3-6,8H,7H2,1-2H3. The molecule has 5 nitrogen and oxygen atoms in total. The number of sulfone groups is 1. The highest BCUT2D eigenvalue weighted by Crippen LogP contribution is 2.19. The highest BCUT2D eigenvalue weighted by Gasteiger charge is 2.21. The second-order valence-electron chi connectivity index (χ2n) is 4.37. The van der Waals surface area contributed by atoms with E-state index in [0.29, 0.717) is 10.8 Å². The van der Waals surface area contributed by atoms with E-state index in [9.17, 15) is 8.42 Å². The van der Waals surface area contributed by atoms with E-state index in [2.05, 4.69) is 10.1 Å². The Labute approximate surface area is 116 Å². The molecule has 0 radical (unpaired) electrons. The van der Waals surface area contributed by atoms with E-state index in [4.69, 9.17) is 16.1 Å². The van der Waals surface area contributed by atoms with E-state index in [0.717, 1.165) is 5.56 Å². The summed E-state index contributed by atoms with van der Waals surface area (Å²) in [6.45, 7) is 3.23. The minimum Gasteiger partial charge on any atom is -0.338 e. The molecule has 0 atom stereocenters. The predicted molar refractivity (Wildman–Crippen MR) is 72.5 cm³/mol. The molecule has 0 fully saturated rings. The van der Waals surface area contributed by atoms with Crippen LogP contribution in [0.15, 0.2) is 28.8 Å². The maximum absolute atomic E-state index is 11.7. The average molecular weight is 301 g/mol. The molecule has 1 aromatic heterocycles. The van der Waals surface area contributed by atoms with Gasteiger partial charge in [0, 0.05) is 10.6 Å². The first-order valence-electron chi connectivity index (χ1n) is 5.68. The third kappa shape index (κ3) is 3.33. The molecule has 2 aromatic rings. The number of nitrogens with zero attached hydrogens (tertiary/aromatic N) is 2. The molecular formula is C12H13ClN2O3S. The van der Waals surface area contributed by atoms with Crippen molar-refractivity contribution in [2.45, 2.75) is 24.9 Å². The van der Waals surface area contributed by atoms with Crippen molar-refractivity contribution in [1.29, 1.82) is 0 Å². The third-order valence-corrected chi connectivity index (χ3v) is 4.95. The van der Waals surface area contributed by atoms with Gasteiger partial charge in [0.25, 0.3) is 0 Å². The Kier molecular flexibility index (Phi) is 3.91. The first-order chi connectivity index (χ1) is 8.88. The fraction of sp³-hybridized carbons (Fsp3) is 0.333. The molecule has 102 valence electrons. The van der Waals surface area contributed by atoms with Crippen LogP contribution in [0.3, 0.4) is 0 Å². The molecule has 0 bridgehead atoms. The molecular weight excluding hydrogens is 288 g/mol. The fourth-order valence-corrected chi connectivity index (χ4v) is 2.29. The van der Waals surface area contributed by atoms with Crippen LogP contribution < -0.4 is 0 Å². The summed E-state index contributed by atoms with van der Waals surface area (Å²) in [5, 5.41) is 3.90. The van der Waals surface area contributed by atoms with Crippen molar-refractivity contribution in [1.82, 2.24) is 10.1 Å². The van der Waals surface area contributed by atoms with Crippen LogP contribution in [-0.4, -0.2) is 23.8 Å². The first kappa shape index (κ1) is 14.0. The number of benzene rings is 1. The topological polar surface area (TPSA) is 73.1 Å². The van der Waals surface area contributed by atoms with E-state index < -0.39 is 15.1 Å². The molecule has 19 heavy (non-hydrogen) atoms. The summed E-state index contributed by atoms with van der Waals surface area (Å²) >= 11 is 5.78. The normalized spacial score (nSPS) is 12.0. The number of halogens is 1. The van der Waals surface area contributed by atoms with Gasteiger partial charge in [-0.1, -0.05) is 16.8 Å². The largest absolute Gasteiger partial charge is 0.338 e. The van der Waals surface area contributed by atoms with Crippen molar-refractivity contribution in [3.8, 4) is 11.4 Å². The van der Waals surface area contributed by atoms with E-state index in [-0.39, 0.29) is 11.6 Å². The highest BCUT2D eigenvalue weighted by molar-refractivity contribution is 7.91. The summed E-state index contributed by atoms with van der Waals surface area (Å²) in [6, 6.07) is 6.90. The van der Waals surface area contributed by atoms with Gasteiger partial charge in [0.15, 0.2) is 9.84 Å². The number of aromatic nitrogens is 2. The number of hydrogen-bond donors (Lipinski definition) is 0. The molecule has 2 rings (SSSR count). The summed E-state index contributed by atoms with van der Waals surface area (Å²) in [5.74, 6) is 0.204. The molecule has 0 aliphatic rings. The van der Waals surface area contributed by atoms with E-state index in [1.165, 1.54) is 0 Å². The van der Waals surface area contributed by atoms with Crippen molar-refractivity contribution in [2.75, 3.05) is 0 Å². The van der Waals surface area contributed by atoms with Crippen LogP contribution in [-0.2, 0) is 15.6 Å². The summed E-state index contributed by atoms with van der Waals surface area (Å²) in [4.78, 5) is 4.08. The summed E-state index contributed by atoms with van der Waals surface area (Å²) < 4.78 is 28.5. The van der Waals surface area contributed by atoms with Gasteiger partial charge >= 0.3 is 0 Å². The molecule has 1 heterocycles. The molecule has 7 heteroatoms. The van der Waals surface area contributed by atoms with Gasteiger partial charge < -0.3 is 4.52 Å². The van der Waals surface area contributed by atoms with E-state index in [1.54, 1.807) is 38.1 Å². The van der Waals surface area contributed by atoms with Crippen molar-refractivity contribution in [3.63, 3.8) is 0 Å². The van der Waals surface area contributed by atoms with Crippen LogP contribution in [0.25, 0.3) is 11.4 Å². The molecule has 0 aliphatic heterocycles. The molecule has 0 amide bonds. The third-order valence-electron chi connectivity index (χ3n) is 2.61. The first-order valence-corrected chi connectivity index (χ1v) is 7.78. The van der Waals surface area contributed by atoms with Crippen LogP contribution >= 0.6 is 11.6 Å². The molecule has 0 unspecified atom stereocenters. The minimum absolute atomic E-state index is 0.0960. The lowest BCUT2D eigenvalue weighted by atomic mass is 10.2. The van der Waals surface area contributed by atoms with E-state index in [1.807, 2.05) is 0 Å². The molecule has 0 saturated heterocycles. The maximum atomic E-state index is 11.7. The lowest BCUT2D eigenvalue weighted by Gasteiger charge is -2.03. The van der Waals surface area contributed by atoms with Crippen LogP contribution in [0.1, 0.15) is 19.7 Å². The smallest absolute Gasteiger partial charge is 0.242 e. The van der Waals surface area contributed by atoms with Crippen LogP contribution in [0.2, 0.25) is 5.02 Å². The lowest BCUT2D eigenvalue weighted by molar-refractivity contribution is 0.389. The predicted octanol–water partition coefficient (Wildman–Crippen LogP) is 2.71. The molecule has 0 saturated carbocycles. The molecule has 1 aromatic carbocycles. The SMILES string of the molecule is CC(C)S(=O)(=O)Cc1nc(-c2ccc(Cl)cc2)no1. The zero-order valence-electron chi connectivity index (χ0n) is 10.5. The maximum Gasteiger partial charge on any atom is 0.242 e. The van der Waals surface area contributed by atoms with Crippen molar-refractivity contribution >= 4 is 21.4 Å². The van der Waals surface area contributed by atoms with Crippen molar-refractivity contribution in [2.24, 2.45) is 0 Å². The molecule has 0 aliphatic carbocycles. The average Bonchev–Trinajstić information content (AvgIpc) is 2.77. The van der Waals surface area contributed by atoms with Crippen LogP contribution in [0.4, 0.5) is 0 Å². The Hall–Kier alpha value is -1.40. The fourth-order valence-electron chi connectivity index (χ4n) is 1.37. The van der Waals surface area contributed by atoms with Crippen LogP contribution in [0, 0.1) is 0 Å². The Morgan fingerprint density at radius 2 is 1.89 bits per heavy atom. The zero-order valence-corrected chi connectivity index (χ0v) is 12.1. The Morgan fingerprint density at radius 1 is 1.26 bits per heavy atom. The number of hydrogen-bond acceptors (Lipinski definition) is 5. The molecule has 0 spiro atoms. The second-order valence-corrected chi connectivity index (χ2v) is 7.37. The zero-order chi connectivity index (χ0) is 14.0.